The van der Waals surface area contributed by atoms with Crippen LogP contribution in [0.3, 0.4) is 0 Å². The Morgan fingerprint density at radius 3 is 2.29 bits per heavy atom. The first-order valence-corrected chi connectivity index (χ1v) is 15.7. The summed E-state index contributed by atoms with van der Waals surface area (Å²) in [5, 5.41) is 3.91. The van der Waals surface area contributed by atoms with E-state index in [0.717, 1.165) is 42.7 Å². The molecule has 2 aromatic rings. The number of rotatable bonds is 10. The maximum absolute atomic E-state index is 13.8. The highest BCUT2D eigenvalue weighted by Crippen LogP contribution is 2.34. The van der Waals surface area contributed by atoms with Crippen LogP contribution >= 0.6 is 46.4 Å². The van der Waals surface area contributed by atoms with Gasteiger partial charge in [-0.25, -0.2) is 8.42 Å². The lowest BCUT2D eigenvalue weighted by atomic mass is 9.95. The number of hydrogen-bond donors (Lipinski definition) is 1. The molecule has 2 amide bonds. The molecule has 0 aromatic heterocycles. The molecule has 1 unspecified atom stereocenters. The summed E-state index contributed by atoms with van der Waals surface area (Å²) in [5.41, 5.74) is 0.715. The zero-order valence-electron chi connectivity index (χ0n) is 21.2. The van der Waals surface area contributed by atoms with Crippen LogP contribution < -0.4 is 9.62 Å². The van der Waals surface area contributed by atoms with E-state index >= 15 is 0 Å². The van der Waals surface area contributed by atoms with Crippen LogP contribution in [-0.4, -0.2) is 50.0 Å². The van der Waals surface area contributed by atoms with Crippen molar-refractivity contribution in [3.63, 3.8) is 0 Å². The van der Waals surface area contributed by atoms with Crippen LogP contribution in [0.25, 0.3) is 0 Å². The summed E-state index contributed by atoms with van der Waals surface area (Å²) >= 11 is 24.7. The quantitative estimate of drug-likeness (QED) is 0.336. The van der Waals surface area contributed by atoms with Gasteiger partial charge in [-0.3, -0.25) is 13.9 Å². The maximum Gasteiger partial charge on any atom is 0.244 e. The highest BCUT2D eigenvalue weighted by molar-refractivity contribution is 7.92. The molecule has 1 aliphatic rings. The molecule has 0 heterocycles. The lowest BCUT2D eigenvalue weighted by Crippen LogP contribution is -2.54. The van der Waals surface area contributed by atoms with E-state index in [1.807, 2.05) is 6.92 Å². The fourth-order valence-electron chi connectivity index (χ4n) is 4.58. The van der Waals surface area contributed by atoms with Crippen molar-refractivity contribution in [2.45, 2.75) is 64.1 Å². The molecule has 0 aliphatic heterocycles. The Balaban J connectivity index is 1.96. The average molecular weight is 623 g/mol. The van der Waals surface area contributed by atoms with Crippen LogP contribution in [0.4, 0.5) is 5.69 Å². The fourth-order valence-corrected chi connectivity index (χ4v) is 6.20. The van der Waals surface area contributed by atoms with Crippen LogP contribution in [0, 0.1) is 0 Å². The molecule has 3 rings (SSSR count). The van der Waals surface area contributed by atoms with Crippen LogP contribution in [-0.2, 0) is 26.2 Å². The van der Waals surface area contributed by atoms with E-state index in [2.05, 4.69) is 5.32 Å². The van der Waals surface area contributed by atoms with Gasteiger partial charge in [-0.05, 0) is 49.1 Å². The molecule has 12 heteroatoms. The van der Waals surface area contributed by atoms with E-state index in [-0.39, 0.29) is 34.2 Å². The summed E-state index contributed by atoms with van der Waals surface area (Å²) in [6.07, 6.45) is 6.29. The zero-order chi connectivity index (χ0) is 28.0. The van der Waals surface area contributed by atoms with Crippen molar-refractivity contribution in [2.75, 3.05) is 17.1 Å². The Morgan fingerprint density at radius 1 is 1.00 bits per heavy atom. The predicted molar refractivity (Wildman–Crippen MR) is 155 cm³/mol. The van der Waals surface area contributed by atoms with Gasteiger partial charge in [0.25, 0.3) is 0 Å². The molecule has 1 atom stereocenters. The van der Waals surface area contributed by atoms with Crippen molar-refractivity contribution >= 4 is 73.9 Å². The van der Waals surface area contributed by atoms with Crippen molar-refractivity contribution in [3.05, 3.63) is 62.1 Å². The van der Waals surface area contributed by atoms with Gasteiger partial charge in [-0.1, -0.05) is 84.7 Å². The normalized spacial score (nSPS) is 15.1. The van der Waals surface area contributed by atoms with Crippen LogP contribution in [0.2, 0.25) is 20.1 Å². The second-order valence-corrected chi connectivity index (χ2v) is 12.9. The number of carbonyl (C=O) groups excluding carboxylic acids is 2. The number of nitrogens with one attached hydrogen (secondary N) is 1. The zero-order valence-corrected chi connectivity index (χ0v) is 25.1. The second kappa shape index (κ2) is 13.6. The highest BCUT2D eigenvalue weighted by Gasteiger charge is 2.33. The summed E-state index contributed by atoms with van der Waals surface area (Å²) in [6.45, 7) is 1.25. The third kappa shape index (κ3) is 7.92. The largest absolute Gasteiger partial charge is 0.352 e. The van der Waals surface area contributed by atoms with E-state index in [1.54, 1.807) is 24.3 Å². The standard InChI is InChI=1S/C26H31Cl4N3O4S/c1-3-22(26(35)31-18-8-5-4-6-9-18)32(15-17-12-13-19(27)21(29)14-17)24(34)16-33(38(2,36)37)23-11-7-10-20(28)25(23)30/h7,10-14,18,22H,3-6,8-9,15-16H2,1-2H3,(H,31,35). The van der Waals surface area contributed by atoms with Gasteiger partial charge in [0.2, 0.25) is 21.8 Å². The lowest BCUT2D eigenvalue weighted by molar-refractivity contribution is -0.140. The van der Waals surface area contributed by atoms with Crippen molar-refractivity contribution in [1.29, 1.82) is 0 Å². The molecule has 2 aromatic carbocycles. The number of amides is 2. The molecule has 1 N–H and O–H groups in total. The van der Waals surface area contributed by atoms with Gasteiger partial charge in [-0.15, -0.1) is 0 Å². The molecular weight excluding hydrogens is 592 g/mol. The molecule has 1 aliphatic carbocycles. The number of carbonyl (C=O) groups is 2. The topological polar surface area (TPSA) is 86.8 Å². The SMILES string of the molecule is CCC(C(=O)NC1CCCCC1)N(Cc1ccc(Cl)c(Cl)c1)C(=O)CN(c1cccc(Cl)c1Cl)S(C)(=O)=O. The third-order valence-electron chi connectivity index (χ3n) is 6.55. The average Bonchev–Trinajstić information content (AvgIpc) is 2.86. The van der Waals surface area contributed by atoms with E-state index in [0.29, 0.717) is 22.0 Å². The molecule has 38 heavy (non-hydrogen) atoms. The smallest absolute Gasteiger partial charge is 0.244 e. The van der Waals surface area contributed by atoms with E-state index in [9.17, 15) is 18.0 Å². The molecule has 1 fully saturated rings. The fraction of sp³-hybridized carbons (Fsp3) is 0.462. The molecule has 0 bridgehead atoms. The Bertz CT molecular complexity index is 1270. The Hall–Kier alpha value is -1.71. The van der Waals surface area contributed by atoms with Crippen molar-refractivity contribution in [3.8, 4) is 0 Å². The number of sulfonamides is 1. The minimum absolute atomic E-state index is 0.00510. The van der Waals surface area contributed by atoms with Crippen LogP contribution in [0.5, 0.6) is 0 Å². The molecule has 0 saturated heterocycles. The second-order valence-electron chi connectivity index (χ2n) is 9.38. The molecule has 0 spiro atoms. The monoisotopic (exact) mass is 621 g/mol. The van der Waals surface area contributed by atoms with Gasteiger partial charge < -0.3 is 10.2 Å². The van der Waals surface area contributed by atoms with Crippen molar-refractivity contribution < 1.29 is 18.0 Å². The van der Waals surface area contributed by atoms with Gasteiger partial charge in [0.05, 0.1) is 32.0 Å². The lowest BCUT2D eigenvalue weighted by Gasteiger charge is -2.34. The number of halogens is 4. The highest BCUT2D eigenvalue weighted by atomic mass is 35.5. The molecule has 1 saturated carbocycles. The summed E-state index contributed by atoms with van der Waals surface area (Å²) in [5.74, 6) is -0.859. The molecular formula is C26H31Cl4N3O4S. The van der Waals surface area contributed by atoms with E-state index in [1.165, 1.54) is 17.0 Å². The first-order chi connectivity index (χ1) is 17.9. The van der Waals surface area contributed by atoms with Gasteiger partial charge >= 0.3 is 0 Å². The summed E-state index contributed by atoms with van der Waals surface area (Å²) in [4.78, 5) is 28.6. The maximum atomic E-state index is 13.8. The summed E-state index contributed by atoms with van der Waals surface area (Å²) < 4.78 is 26.4. The number of nitrogens with zero attached hydrogens (tertiary/aromatic N) is 2. The van der Waals surface area contributed by atoms with Gasteiger partial charge in [0.15, 0.2) is 0 Å². The number of benzene rings is 2. The first-order valence-electron chi connectivity index (χ1n) is 12.4. The minimum Gasteiger partial charge on any atom is -0.352 e. The minimum atomic E-state index is -3.94. The molecule has 7 nitrogen and oxygen atoms in total. The van der Waals surface area contributed by atoms with Gasteiger partial charge in [-0.2, -0.15) is 0 Å². The van der Waals surface area contributed by atoms with Gasteiger partial charge in [0.1, 0.15) is 12.6 Å². The van der Waals surface area contributed by atoms with Crippen LogP contribution in [0.15, 0.2) is 36.4 Å². The van der Waals surface area contributed by atoms with Crippen LogP contribution in [0.1, 0.15) is 51.0 Å². The van der Waals surface area contributed by atoms with E-state index in [4.69, 9.17) is 46.4 Å². The first kappa shape index (κ1) is 30.8. The predicted octanol–water partition coefficient (Wildman–Crippen LogP) is 6.32. The molecule has 0 radical (unpaired) electrons. The Kier molecular flexibility index (Phi) is 11.0. The molecule has 208 valence electrons. The van der Waals surface area contributed by atoms with Crippen molar-refractivity contribution in [1.82, 2.24) is 10.2 Å². The Labute approximate surface area is 244 Å². The van der Waals surface area contributed by atoms with E-state index < -0.39 is 28.5 Å². The van der Waals surface area contributed by atoms with Crippen molar-refractivity contribution in [2.24, 2.45) is 0 Å². The summed E-state index contributed by atoms with van der Waals surface area (Å²) in [7, 11) is -3.94. The van der Waals surface area contributed by atoms with Gasteiger partial charge in [0, 0.05) is 12.6 Å². The number of hydrogen-bond acceptors (Lipinski definition) is 4. The Morgan fingerprint density at radius 2 is 1.68 bits per heavy atom. The number of anilines is 1. The third-order valence-corrected chi connectivity index (χ3v) is 9.23. The summed E-state index contributed by atoms with van der Waals surface area (Å²) in [6, 6.07) is 8.69.